The molecule has 1 aromatic rings. The van der Waals surface area contributed by atoms with Crippen molar-refractivity contribution in [2.45, 2.75) is 19.0 Å². The van der Waals surface area contributed by atoms with E-state index in [4.69, 9.17) is 4.74 Å². The van der Waals surface area contributed by atoms with Gasteiger partial charge in [-0.15, -0.1) is 0 Å². The molecule has 0 aliphatic heterocycles. The second-order valence-electron chi connectivity index (χ2n) is 4.65. The first-order valence-corrected chi connectivity index (χ1v) is 6.08. The van der Waals surface area contributed by atoms with Gasteiger partial charge in [-0.05, 0) is 26.6 Å². The zero-order valence-electron chi connectivity index (χ0n) is 11.3. The Morgan fingerprint density at radius 1 is 1.24 bits per heavy atom. The molecular weight excluding hydrogens is 212 g/mol. The van der Waals surface area contributed by atoms with Gasteiger partial charge in [0.05, 0.1) is 6.61 Å². The molecule has 3 nitrogen and oxygen atoms in total. The van der Waals surface area contributed by atoms with E-state index in [2.05, 4.69) is 61.6 Å². The largest absolute Gasteiger partial charge is 0.383 e. The van der Waals surface area contributed by atoms with Gasteiger partial charge < -0.3 is 15.0 Å². The van der Waals surface area contributed by atoms with Gasteiger partial charge in [-0.2, -0.15) is 0 Å². The topological polar surface area (TPSA) is 24.5 Å². The maximum absolute atomic E-state index is 5.13. The van der Waals surface area contributed by atoms with Crippen molar-refractivity contribution in [3.63, 3.8) is 0 Å². The van der Waals surface area contributed by atoms with Crippen molar-refractivity contribution in [2.24, 2.45) is 0 Å². The highest BCUT2D eigenvalue weighted by molar-refractivity contribution is 5.19. The number of benzene rings is 1. The van der Waals surface area contributed by atoms with E-state index in [1.807, 2.05) is 0 Å². The van der Waals surface area contributed by atoms with E-state index in [0.29, 0.717) is 12.1 Å². The van der Waals surface area contributed by atoms with Crippen LogP contribution in [0.5, 0.6) is 0 Å². The Morgan fingerprint density at radius 2 is 1.88 bits per heavy atom. The lowest BCUT2D eigenvalue weighted by Crippen LogP contribution is -2.37. The average Bonchev–Trinajstić information content (AvgIpc) is 2.30. The van der Waals surface area contributed by atoms with Crippen LogP contribution in [0.25, 0.3) is 0 Å². The van der Waals surface area contributed by atoms with Gasteiger partial charge in [0.15, 0.2) is 0 Å². The fourth-order valence-electron chi connectivity index (χ4n) is 1.90. The minimum atomic E-state index is 0.381. The third-order valence-corrected chi connectivity index (χ3v) is 2.88. The summed E-state index contributed by atoms with van der Waals surface area (Å²) >= 11 is 0. The molecule has 1 N–H and O–H groups in total. The molecule has 0 fully saturated rings. The Labute approximate surface area is 105 Å². The summed E-state index contributed by atoms with van der Waals surface area (Å²) in [7, 11) is 5.96. The van der Waals surface area contributed by atoms with Crippen molar-refractivity contribution in [1.29, 1.82) is 0 Å². The highest BCUT2D eigenvalue weighted by Gasteiger charge is 2.14. The van der Waals surface area contributed by atoms with Gasteiger partial charge >= 0.3 is 0 Å². The van der Waals surface area contributed by atoms with Crippen molar-refractivity contribution in [3.8, 4) is 0 Å². The smallest absolute Gasteiger partial charge is 0.0613 e. The van der Waals surface area contributed by atoms with E-state index in [1.165, 1.54) is 5.56 Å². The molecule has 0 aromatic heterocycles. The zero-order valence-corrected chi connectivity index (χ0v) is 11.3. The highest BCUT2D eigenvalue weighted by atomic mass is 16.5. The molecule has 0 amide bonds. The quantitative estimate of drug-likeness (QED) is 0.782. The molecule has 2 unspecified atom stereocenters. The van der Waals surface area contributed by atoms with Crippen molar-refractivity contribution >= 4 is 0 Å². The highest BCUT2D eigenvalue weighted by Crippen LogP contribution is 2.16. The van der Waals surface area contributed by atoms with Crippen LogP contribution in [0.2, 0.25) is 0 Å². The molecule has 3 heteroatoms. The number of nitrogens with one attached hydrogen (secondary N) is 1. The van der Waals surface area contributed by atoms with E-state index in [0.717, 1.165) is 13.2 Å². The molecule has 1 aromatic carbocycles. The normalized spacial score (nSPS) is 14.9. The van der Waals surface area contributed by atoms with Gasteiger partial charge in [-0.25, -0.2) is 0 Å². The first kappa shape index (κ1) is 14.2. The van der Waals surface area contributed by atoms with Gasteiger partial charge in [0, 0.05) is 25.7 Å². The number of likely N-dealkylation sites (N-methyl/N-ethyl adjacent to an activating group) is 1. The number of hydrogen-bond acceptors (Lipinski definition) is 3. The van der Waals surface area contributed by atoms with Crippen LogP contribution in [0.1, 0.15) is 18.5 Å². The Morgan fingerprint density at radius 3 is 2.41 bits per heavy atom. The first-order valence-electron chi connectivity index (χ1n) is 6.08. The molecule has 0 aliphatic carbocycles. The predicted octanol–water partition coefficient (Wildman–Crippen LogP) is 1.91. The van der Waals surface area contributed by atoms with Gasteiger partial charge in [-0.3, -0.25) is 0 Å². The molecule has 0 spiro atoms. The maximum atomic E-state index is 5.13. The molecule has 2 atom stereocenters. The molecule has 0 saturated carbocycles. The molecular formula is C14H24N2O. The van der Waals surface area contributed by atoms with E-state index >= 15 is 0 Å². The van der Waals surface area contributed by atoms with Crippen molar-refractivity contribution in [3.05, 3.63) is 35.9 Å². The lowest BCUT2D eigenvalue weighted by Gasteiger charge is -2.26. The summed E-state index contributed by atoms with van der Waals surface area (Å²) in [5.41, 5.74) is 1.34. The van der Waals surface area contributed by atoms with Crippen LogP contribution in [0.3, 0.4) is 0 Å². The lowest BCUT2D eigenvalue weighted by atomic mass is 10.1. The standard InChI is InChI=1S/C14H24N2O/c1-12(11-17-4)15-10-14(16(2)3)13-8-6-5-7-9-13/h5-9,12,14-15H,10-11H2,1-4H3. The first-order chi connectivity index (χ1) is 8.15. The van der Waals surface area contributed by atoms with Crippen molar-refractivity contribution < 1.29 is 4.74 Å². The summed E-state index contributed by atoms with van der Waals surface area (Å²) in [5, 5.41) is 3.50. The molecule has 0 saturated heterocycles. The summed E-state index contributed by atoms with van der Waals surface area (Å²) in [6.45, 7) is 3.82. The van der Waals surface area contributed by atoms with Crippen LogP contribution in [-0.2, 0) is 4.74 Å². The van der Waals surface area contributed by atoms with Gasteiger partial charge in [0.25, 0.3) is 0 Å². The third kappa shape index (κ3) is 4.86. The molecule has 0 bridgehead atoms. The van der Waals surface area contributed by atoms with Crippen LogP contribution < -0.4 is 5.32 Å². The van der Waals surface area contributed by atoms with E-state index in [-0.39, 0.29) is 0 Å². The van der Waals surface area contributed by atoms with Crippen LogP contribution >= 0.6 is 0 Å². The lowest BCUT2D eigenvalue weighted by molar-refractivity contribution is 0.166. The molecule has 0 radical (unpaired) electrons. The molecule has 1 rings (SSSR count). The summed E-state index contributed by atoms with van der Waals surface area (Å²) in [5.74, 6) is 0. The van der Waals surface area contributed by atoms with Crippen LogP contribution in [0.4, 0.5) is 0 Å². The second-order valence-corrected chi connectivity index (χ2v) is 4.65. The molecule has 0 aliphatic rings. The minimum Gasteiger partial charge on any atom is -0.383 e. The minimum absolute atomic E-state index is 0.381. The Balaban J connectivity index is 2.56. The summed E-state index contributed by atoms with van der Waals surface area (Å²) in [6.07, 6.45) is 0. The molecule has 96 valence electrons. The monoisotopic (exact) mass is 236 g/mol. The molecule has 17 heavy (non-hydrogen) atoms. The van der Waals surface area contributed by atoms with Crippen LogP contribution in [0, 0.1) is 0 Å². The number of rotatable bonds is 7. The Bertz CT molecular complexity index is 300. The summed E-state index contributed by atoms with van der Waals surface area (Å²) in [4.78, 5) is 2.24. The van der Waals surface area contributed by atoms with E-state index < -0.39 is 0 Å². The SMILES string of the molecule is COCC(C)NCC(c1ccccc1)N(C)C. The fraction of sp³-hybridized carbons (Fsp3) is 0.571. The van der Waals surface area contributed by atoms with Crippen molar-refractivity contribution in [2.75, 3.05) is 34.4 Å². The number of hydrogen-bond donors (Lipinski definition) is 1. The van der Waals surface area contributed by atoms with Gasteiger partial charge in [0.2, 0.25) is 0 Å². The third-order valence-electron chi connectivity index (χ3n) is 2.88. The summed E-state index contributed by atoms with van der Waals surface area (Å²) in [6, 6.07) is 11.4. The Hall–Kier alpha value is -0.900. The predicted molar refractivity (Wildman–Crippen MR) is 72.2 cm³/mol. The fourth-order valence-corrected chi connectivity index (χ4v) is 1.90. The number of nitrogens with zero attached hydrogens (tertiary/aromatic N) is 1. The van der Waals surface area contributed by atoms with E-state index in [9.17, 15) is 0 Å². The average molecular weight is 236 g/mol. The van der Waals surface area contributed by atoms with Gasteiger partial charge in [-0.1, -0.05) is 30.3 Å². The Kier molecular flexibility index (Phi) is 6.19. The van der Waals surface area contributed by atoms with Gasteiger partial charge in [0.1, 0.15) is 0 Å². The van der Waals surface area contributed by atoms with E-state index in [1.54, 1.807) is 7.11 Å². The number of ether oxygens (including phenoxy) is 1. The zero-order chi connectivity index (χ0) is 12.7. The number of methoxy groups -OCH3 is 1. The second kappa shape index (κ2) is 7.43. The van der Waals surface area contributed by atoms with Crippen molar-refractivity contribution in [1.82, 2.24) is 10.2 Å². The van der Waals surface area contributed by atoms with Crippen LogP contribution in [0.15, 0.2) is 30.3 Å². The maximum Gasteiger partial charge on any atom is 0.0613 e. The molecule has 0 heterocycles. The summed E-state index contributed by atoms with van der Waals surface area (Å²) < 4.78 is 5.13. The van der Waals surface area contributed by atoms with Crippen LogP contribution in [-0.4, -0.2) is 45.3 Å².